The summed E-state index contributed by atoms with van der Waals surface area (Å²) < 4.78 is 12.6. The maximum Gasteiger partial charge on any atom is 0.301 e. The first-order valence-electron chi connectivity index (χ1n) is 14.0. The molecular weight excluding hydrogens is 585 g/mol. The molecule has 0 aliphatic carbocycles. The van der Waals surface area contributed by atoms with E-state index in [1.807, 2.05) is 37.3 Å². The number of ketones is 1. The molecule has 1 N–H and O–H groups in total. The van der Waals surface area contributed by atoms with Gasteiger partial charge in [-0.25, -0.2) is 0 Å². The fourth-order valence-corrected chi connectivity index (χ4v) is 6.40. The van der Waals surface area contributed by atoms with Crippen molar-refractivity contribution in [2.75, 3.05) is 18.1 Å². The zero-order chi connectivity index (χ0) is 30.3. The summed E-state index contributed by atoms with van der Waals surface area (Å²) in [5.41, 5.74) is 2.00. The number of aromatic nitrogens is 3. The van der Waals surface area contributed by atoms with Crippen molar-refractivity contribution in [2.45, 2.75) is 43.3 Å². The number of benzene rings is 2. The minimum atomic E-state index is -0.975. The second-order valence-electron chi connectivity index (χ2n) is 10.2. The van der Waals surface area contributed by atoms with Crippen LogP contribution in [0.2, 0.25) is 0 Å². The molecule has 0 bridgehead atoms. The molecule has 4 aromatic rings. The first-order chi connectivity index (χ1) is 20.9. The van der Waals surface area contributed by atoms with Crippen LogP contribution in [0.1, 0.15) is 49.9 Å². The summed E-state index contributed by atoms with van der Waals surface area (Å²) in [4.78, 5) is 32.5. The lowest BCUT2D eigenvalue weighted by Gasteiger charge is -2.23. The number of carbonyl (C=O) groups is 2. The highest BCUT2D eigenvalue weighted by Gasteiger charge is 2.48. The van der Waals surface area contributed by atoms with Gasteiger partial charge in [0, 0.05) is 23.7 Å². The van der Waals surface area contributed by atoms with Crippen LogP contribution in [0.25, 0.3) is 5.76 Å². The maximum absolute atomic E-state index is 13.6. The number of hydrogen-bond donors (Lipinski definition) is 1. The third-order valence-electron chi connectivity index (χ3n) is 6.74. The number of ether oxygens (including phenoxy) is 2. The van der Waals surface area contributed by atoms with Gasteiger partial charge in [-0.2, -0.15) is 0 Å². The highest BCUT2D eigenvalue weighted by molar-refractivity contribution is 8.00. The highest BCUT2D eigenvalue weighted by Crippen LogP contribution is 2.45. The molecule has 2 aromatic heterocycles. The molecule has 9 nitrogen and oxygen atoms in total. The highest BCUT2D eigenvalue weighted by atomic mass is 32.2. The van der Waals surface area contributed by atoms with E-state index in [1.165, 1.54) is 40.4 Å². The molecule has 1 atom stereocenters. The van der Waals surface area contributed by atoms with Crippen LogP contribution >= 0.6 is 23.1 Å². The van der Waals surface area contributed by atoms with Crippen LogP contribution in [-0.4, -0.2) is 45.2 Å². The minimum Gasteiger partial charge on any atom is -0.507 e. The lowest BCUT2D eigenvalue weighted by atomic mass is 9.95. The number of thioether (sulfide) groups is 1. The van der Waals surface area contributed by atoms with Crippen molar-refractivity contribution in [3.8, 4) is 11.5 Å². The van der Waals surface area contributed by atoms with Crippen LogP contribution in [-0.2, 0) is 15.3 Å². The summed E-state index contributed by atoms with van der Waals surface area (Å²) in [5, 5.41) is 20.2. The van der Waals surface area contributed by atoms with Crippen LogP contribution in [0, 0.1) is 5.92 Å². The molecule has 0 spiro atoms. The van der Waals surface area contributed by atoms with Crippen molar-refractivity contribution in [1.29, 1.82) is 0 Å². The number of pyridine rings is 1. The van der Waals surface area contributed by atoms with Crippen LogP contribution in [0.5, 0.6) is 11.5 Å². The van der Waals surface area contributed by atoms with Gasteiger partial charge in [-0.05, 0) is 54.7 Å². The van der Waals surface area contributed by atoms with Gasteiger partial charge in [0.15, 0.2) is 15.8 Å². The standard InChI is InChI=1S/C32H32N4O5S2/c1-4-40-25-18-23(10-11-24(25)41-17-14-20(2)3)27-26(28(37)22-12-15-33-16-13-22)29(38)30(39)36(27)31-34-35-32(43-31)42-19-21-8-6-5-7-9-21/h5-13,15-16,18,20,27,37H,4,14,17,19H2,1-3H3/b28-26+. The number of carbonyl (C=O) groups excluding carboxylic acids is 2. The molecule has 0 radical (unpaired) electrons. The molecule has 43 heavy (non-hydrogen) atoms. The number of aliphatic hydroxyl groups excluding tert-OH is 1. The first-order valence-corrected chi connectivity index (χ1v) is 15.8. The maximum atomic E-state index is 13.6. The van der Waals surface area contributed by atoms with Crippen molar-refractivity contribution in [3.05, 3.63) is 95.3 Å². The zero-order valence-corrected chi connectivity index (χ0v) is 25.7. The molecule has 11 heteroatoms. The van der Waals surface area contributed by atoms with Gasteiger partial charge in [0.05, 0.1) is 24.8 Å². The average Bonchev–Trinajstić information content (AvgIpc) is 3.59. The van der Waals surface area contributed by atoms with Crippen molar-refractivity contribution in [2.24, 2.45) is 5.92 Å². The topological polar surface area (TPSA) is 115 Å². The third kappa shape index (κ3) is 6.89. The van der Waals surface area contributed by atoms with Gasteiger partial charge in [0.2, 0.25) is 5.13 Å². The Morgan fingerprint density at radius 2 is 1.79 bits per heavy atom. The van der Waals surface area contributed by atoms with Gasteiger partial charge < -0.3 is 14.6 Å². The Hall–Kier alpha value is -4.22. The molecule has 222 valence electrons. The molecule has 5 rings (SSSR count). The number of rotatable bonds is 12. The van der Waals surface area contributed by atoms with Crippen molar-refractivity contribution in [1.82, 2.24) is 15.2 Å². The smallest absolute Gasteiger partial charge is 0.301 e. The Bertz CT molecular complexity index is 1610. The molecule has 1 saturated heterocycles. The van der Waals surface area contributed by atoms with Gasteiger partial charge in [-0.1, -0.05) is 73.3 Å². The molecule has 1 unspecified atom stereocenters. The van der Waals surface area contributed by atoms with E-state index in [9.17, 15) is 14.7 Å². The number of nitrogens with zero attached hydrogens (tertiary/aromatic N) is 4. The summed E-state index contributed by atoms with van der Waals surface area (Å²) in [6.07, 6.45) is 3.90. The average molecular weight is 617 g/mol. The fraction of sp³-hybridized carbons (Fsp3) is 0.281. The molecule has 1 aliphatic rings. The molecule has 2 aromatic carbocycles. The van der Waals surface area contributed by atoms with E-state index >= 15 is 0 Å². The van der Waals surface area contributed by atoms with Crippen molar-refractivity contribution in [3.63, 3.8) is 0 Å². The summed E-state index contributed by atoms with van der Waals surface area (Å²) >= 11 is 2.71. The molecule has 1 fully saturated rings. The summed E-state index contributed by atoms with van der Waals surface area (Å²) in [6.45, 7) is 7.03. The number of anilines is 1. The van der Waals surface area contributed by atoms with Crippen LogP contribution in [0.4, 0.5) is 5.13 Å². The van der Waals surface area contributed by atoms with Gasteiger partial charge in [-0.15, -0.1) is 10.2 Å². The normalized spacial score (nSPS) is 16.2. The van der Waals surface area contributed by atoms with Crippen molar-refractivity contribution < 1.29 is 24.2 Å². The van der Waals surface area contributed by atoms with E-state index in [0.717, 1.165) is 12.0 Å². The van der Waals surface area contributed by atoms with Gasteiger partial charge >= 0.3 is 5.91 Å². The number of aliphatic hydroxyl groups is 1. The first kappa shape index (κ1) is 30.2. The summed E-state index contributed by atoms with van der Waals surface area (Å²) in [5.74, 6) is 0.282. The lowest BCUT2D eigenvalue weighted by molar-refractivity contribution is -0.132. The predicted molar refractivity (Wildman–Crippen MR) is 167 cm³/mol. The number of amides is 1. The van der Waals surface area contributed by atoms with Crippen LogP contribution in [0.15, 0.2) is 83.0 Å². The Morgan fingerprint density at radius 1 is 1.02 bits per heavy atom. The summed E-state index contributed by atoms with van der Waals surface area (Å²) in [7, 11) is 0. The second kappa shape index (κ2) is 13.8. The molecule has 1 aliphatic heterocycles. The summed E-state index contributed by atoms with van der Waals surface area (Å²) in [6, 6.07) is 17.5. The monoisotopic (exact) mass is 616 g/mol. The second-order valence-corrected chi connectivity index (χ2v) is 12.4. The molecule has 1 amide bonds. The minimum absolute atomic E-state index is 0.0548. The largest absolute Gasteiger partial charge is 0.507 e. The Kier molecular flexibility index (Phi) is 9.73. The fourth-order valence-electron chi connectivity index (χ4n) is 4.57. The van der Waals surface area contributed by atoms with Gasteiger partial charge in [0.1, 0.15) is 5.76 Å². The van der Waals surface area contributed by atoms with Crippen LogP contribution < -0.4 is 14.4 Å². The Morgan fingerprint density at radius 3 is 2.51 bits per heavy atom. The SMILES string of the molecule is CCOc1cc(C2/C(=C(\O)c3ccncc3)C(=O)C(=O)N2c2nnc(SCc3ccccc3)s2)ccc1OCCC(C)C. The Balaban J connectivity index is 1.55. The van der Waals surface area contributed by atoms with Crippen LogP contribution in [0.3, 0.4) is 0 Å². The molecule has 0 saturated carbocycles. The van der Waals surface area contributed by atoms with E-state index < -0.39 is 17.7 Å². The quantitative estimate of drug-likeness (QED) is 0.0612. The molecule has 3 heterocycles. The van der Waals surface area contributed by atoms with E-state index in [4.69, 9.17) is 9.47 Å². The van der Waals surface area contributed by atoms with Gasteiger partial charge in [-0.3, -0.25) is 19.5 Å². The van der Waals surface area contributed by atoms with Crippen molar-refractivity contribution >= 4 is 45.7 Å². The van der Waals surface area contributed by atoms with Gasteiger partial charge in [0.25, 0.3) is 5.78 Å². The lowest BCUT2D eigenvalue weighted by Crippen LogP contribution is -2.29. The Labute approximate surface area is 258 Å². The molecular formula is C32H32N4O5S2. The van der Waals surface area contributed by atoms with E-state index in [2.05, 4.69) is 29.0 Å². The third-order valence-corrected chi connectivity index (χ3v) is 8.87. The number of hydrogen-bond acceptors (Lipinski definition) is 10. The van der Waals surface area contributed by atoms with E-state index in [-0.39, 0.29) is 16.5 Å². The predicted octanol–water partition coefficient (Wildman–Crippen LogP) is 6.68. The van der Waals surface area contributed by atoms with E-state index in [1.54, 1.807) is 30.3 Å². The number of Topliss-reactive ketones (excluding diaryl/α,β-unsaturated/α-hetero) is 1. The zero-order valence-electron chi connectivity index (χ0n) is 24.1. The van der Waals surface area contributed by atoms with E-state index in [0.29, 0.717) is 51.9 Å².